The van der Waals surface area contributed by atoms with Crippen LogP contribution in [0.2, 0.25) is 0 Å². The largest absolute Gasteiger partial charge is 0.382 e. The average molecular weight is 253 g/mol. The van der Waals surface area contributed by atoms with Crippen molar-refractivity contribution in [2.45, 2.75) is 6.54 Å². The van der Waals surface area contributed by atoms with Crippen LogP contribution < -0.4 is 11.1 Å². The number of nitriles is 1. The molecule has 1 heterocycles. The van der Waals surface area contributed by atoms with Gasteiger partial charge in [0.05, 0.1) is 24.0 Å². The summed E-state index contributed by atoms with van der Waals surface area (Å²) in [4.78, 5) is 19.4. The van der Waals surface area contributed by atoms with Gasteiger partial charge in [-0.2, -0.15) is 5.26 Å². The zero-order valence-electron chi connectivity index (χ0n) is 10.00. The molecule has 1 aromatic heterocycles. The molecule has 2 aromatic rings. The Morgan fingerprint density at radius 1 is 1.37 bits per heavy atom. The Kier molecular flexibility index (Phi) is 3.69. The molecule has 0 bridgehead atoms. The molecular weight excluding hydrogens is 242 g/mol. The van der Waals surface area contributed by atoms with Crippen LogP contribution in [0.5, 0.6) is 0 Å². The van der Waals surface area contributed by atoms with Gasteiger partial charge in [0.2, 0.25) is 0 Å². The second-order valence-electron chi connectivity index (χ2n) is 3.82. The Bertz CT molecular complexity index is 630. The highest BCUT2D eigenvalue weighted by Gasteiger charge is 2.07. The van der Waals surface area contributed by atoms with Crippen LogP contribution in [0.3, 0.4) is 0 Å². The zero-order valence-corrected chi connectivity index (χ0v) is 10.00. The quantitative estimate of drug-likeness (QED) is 0.844. The summed E-state index contributed by atoms with van der Waals surface area (Å²) in [5.74, 6) is -0.0758. The maximum Gasteiger partial charge on any atom is 0.271 e. The van der Waals surface area contributed by atoms with Gasteiger partial charge in [-0.15, -0.1) is 0 Å². The van der Waals surface area contributed by atoms with E-state index in [0.717, 1.165) is 5.56 Å². The van der Waals surface area contributed by atoms with Crippen molar-refractivity contribution in [3.8, 4) is 6.07 Å². The van der Waals surface area contributed by atoms with E-state index in [1.807, 2.05) is 12.1 Å². The number of nitrogens with one attached hydrogen (secondary N) is 1. The molecule has 6 nitrogen and oxygen atoms in total. The molecule has 1 amide bonds. The van der Waals surface area contributed by atoms with Gasteiger partial charge in [-0.25, -0.2) is 9.97 Å². The number of amides is 1. The molecule has 0 unspecified atom stereocenters. The molecule has 0 aliphatic heterocycles. The number of rotatable bonds is 3. The first-order chi connectivity index (χ1) is 9.19. The van der Waals surface area contributed by atoms with Crippen LogP contribution in [0, 0.1) is 11.3 Å². The molecule has 3 N–H and O–H groups in total. The van der Waals surface area contributed by atoms with Crippen molar-refractivity contribution in [2.24, 2.45) is 0 Å². The summed E-state index contributed by atoms with van der Waals surface area (Å²) in [6.07, 6.45) is 2.64. The Morgan fingerprint density at radius 2 is 2.21 bits per heavy atom. The number of nitrogen functional groups attached to an aromatic ring is 1. The van der Waals surface area contributed by atoms with Gasteiger partial charge in [0.15, 0.2) is 0 Å². The van der Waals surface area contributed by atoms with Gasteiger partial charge < -0.3 is 11.1 Å². The van der Waals surface area contributed by atoms with Crippen LogP contribution in [-0.2, 0) is 6.54 Å². The molecule has 0 saturated carbocycles. The van der Waals surface area contributed by atoms with Gasteiger partial charge >= 0.3 is 0 Å². The van der Waals surface area contributed by atoms with Gasteiger partial charge in [-0.3, -0.25) is 4.79 Å². The monoisotopic (exact) mass is 253 g/mol. The molecule has 0 fully saturated rings. The van der Waals surface area contributed by atoms with Crippen LogP contribution in [0.15, 0.2) is 36.7 Å². The molecule has 19 heavy (non-hydrogen) atoms. The first kappa shape index (κ1) is 12.5. The average Bonchev–Trinajstić information content (AvgIpc) is 2.46. The maximum absolute atomic E-state index is 11.8. The first-order valence-corrected chi connectivity index (χ1v) is 5.54. The Labute approximate surface area is 109 Å². The van der Waals surface area contributed by atoms with E-state index in [0.29, 0.717) is 12.1 Å². The van der Waals surface area contributed by atoms with E-state index in [-0.39, 0.29) is 17.4 Å². The third kappa shape index (κ3) is 3.26. The topological polar surface area (TPSA) is 105 Å². The molecule has 94 valence electrons. The number of nitrogens with zero attached hydrogens (tertiary/aromatic N) is 3. The van der Waals surface area contributed by atoms with E-state index < -0.39 is 0 Å². The summed E-state index contributed by atoms with van der Waals surface area (Å²) in [5, 5.41) is 11.5. The van der Waals surface area contributed by atoms with Gasteiger partial charge in [0, 0.05) is 6.54 Å². The van der Waals surface area contributed by atoms with E-state index in [2.05, 4.69) is 15.3 Å². The van der Waals surface area contributed by atoms with Crippen molar-refractivity contribution in [3.05, 3.63) is 53.5 Å². The Morgan fingerprint density at radius 3 is 2.89 bits per heavy atom. The minimum atomic E-state index is -0.338. The van der Waals surface area contributed by atoms with Crippen molar-refractivity contribution in [3.63, 3.8) is 0 Å². The van der Waals surface area contributed by atoms with E-state index >= 15 is 0 Å². The Hall–Kier alpha value is -2.94. The molecule has 2 rings (SSSR count). The van der Waals surface area contributed by atoms with Gasteiger partial charge in [-0.1, -0.05) is 12.1 Å². The lowest BCUT2D eigenvalue weighted by Gasteiger charge is -2.05. The number of carbonyl (C=O) groups excluding carboxylic acids is 1. The highest BCUT2D eigenvalue weighted by Crippen LogP contribution is 2.04. The highest BCUT2D eigenvalue weighted by molar-refractivity contribution is 5.91. The normalized spacial score (nSPS) is 9.63. The maximum atomic E-state index is 11.8. The molecule has 6 heteroatoms. The van der Waals surface area contributed by atoms with Crippen LogP contribution >= 0.6 is 0 Å². The van der Waals surface area contributed by atoms with E-state index in [9.17, 15) is 4.79 Å². The predicted molar refractivity (Wildman–Crippen MR) is 68.8 cm³/mol. The van der Waals surface area contributed by atoms with Crippen LogP contribution in [0.25, 0.3) is 0 Å². The lowest BCUT2D eigenvalue weighted by atomic mass is 10.1. The number of benzene rings is 1. The number of carbonyl (C=O) groups is 1. The summed E-state index contributed by atoms with van der Waals surface area (Å²) in [6.45, 7) is 0.320. The zero-order chi connectivity index (χ0) is 13.7. The molecule has 1 aromatic carbocycles. The fraction of sp³-hybridized carbons (Fsp3) is 0.0769. The lowest BCUT2D eigenvalue weighted by Crippen LogP contribution is -2.24. The standard InChI is InChI=1S/C13H11N5O/c14-5-9-2-1-3-10(4-9)6-18-13(19)11-7-17-12(15)8-16-11/h1-4,7-8H,6H2,(H2,15,17)(H,18,19). The van der Waals surface area contributed by atoms with Crippen molar-refractivity contribution in [2.75, 3.05) is 5.73 Å². The molecule has 0 aliphatic rings. The third-order valence-electron chi connectivity index (χ3n) is 2.41. The minimum absolute atomic E-state index is 0.200. The first-order valence-electron chi connectivity index (χ1n) is 5.54. The second-order valence-corrected chi connectivity index (χ2v) is 3.82. The van der Waals surface area contributed by atoms with E-state index in [1.165, 1.54) is 12.4 Å². The predicted octanol–water partition coefficient (Wildman–Crippen LogP) is 0.860. The molecule has 0 aliphatic carbocycles. The minimum Gasteiger partial charge on any atom is -0.382 e. The van der Waals surface area contributed by atoms with E-state index in [4.69, 9.17) is 11.0 Å². The van der Waals surface area contributed by atoms with Crippen molar-refractivity contribution in [1.82, 2.24) is 15.3 Å². The molecule has 0 radical (unpaired) electrons. The summed E-state index contributed by atoms with van der Waals surface area (Å²) in [6, 6.07) is 9.06. The van der Waals surface area contributed by atoms with Gasteiger partial charge in [-0.05, 0) is 17.7 Å². The van der Waals surface area contributed by atoms with Gasteiger partial charge in [0.25, 0.3) is 5.91 Å². The number of nitrogens with two attached hydrogens (primary N) is 1. The smallest absolute Gasteiger partial charge is 0.271 e. The highest BCUT2D eigenvalue weighted by atomic mass is 16.1. The fourth-order valence-electron chi connectivity index (χ4n) is 1.48. The lowest BCUT2D eigenvalue weighted by molar-refractivity contribution is 0.0945. The van der Waals surface area contributed by atoms with Gasteiger partial charge in [0.1, 0.15) is 11.5 Å². The molecule has 0 saturated heterocycles. The summed E-state index contributed by atoms with van der Waals surface area (Å²) in [5.41, 5.74) is 6.99. The third-order valence-corrected chi connectivity index (χ3v) is 2.41. The van der Waals surface area contributed by atoms with Crippen molar-refractivity contribution >= 4 is 11.7 Å². The summed E-state index contributed by atoms with van der Waals surface area (Å²) in [7, 11) is 0. The number of hydrogen-bond acceptors (Lipinski definition) is 5. The number of anilines is 1. The molecule has 0 atom stereocenters. The number of hydrogen-bond donors (Lipinski definition) is 2. The SMILES string of the molecule is N#Cc1cccc(CNC(=O)c2cnc(N)cn2)c1. The van der Waals surface area contributed by atoms with Crippen LogP contribution in [-0.4, -0.2) is 15.9 Å². The molecular formula is C13H11N5O. The molecule has 0 spiro atoms. The van der Waals surface area contributed by atoms with Crippen molar-refractivity contribution in [1.29, 1.82) is 5.26 Å². The van der Waals surface area contributed by atoms with Crippen molar-refractivity contribution < 1.29 is 4.79 Å². The van der Waals surface area contributed by atoms with Crippen LogP contribution in [0.4, 0.5) is 5.82 Å². The summed E-state index contributed by atoms with van der Waals surface area (Å²) >= 11 is 0. The number of aromatic nitrogens is 2. The Balaban J connectivity index is 2.00. The summed E-state index contributed by atoms with van der Waals surface area (Å²) < 4.78 is 0. The fourth-order valence-corrected chi connectivity index (χ4v) is 1.48. The van der Waals surface area contributed by atoms with Crippen LogP contribution in [0.1, 0.15) is 21.6 Å². The van der Waals surface area contributed by atoms with E-state index in [1.54, 1.807) is 18.2 Å². The second kappa shape index (κ2) is 5.60.